The molecule has 0 bridgehead atoms. The summed E-state index contributed by atoms with van der Waals surface area (Å²) in [4.78, 5) is 4.29. The fourth-order valence-electron chi connectivity index (χ4n) is 5.61. The predicted octanol–water partition coefficient (Wildman–Crippen LogP) is 10.1. The molecule has 50 heavy (non-hydrogen) atoms. The number of benzene rings is 6. The lowest BCUT2D eigenvalue weighted by Gasteiger charge is -2.28. The summed E-state index contributed by atoms with van der Waals surface area (Å²) in [6, 6.07) is 47.7. The molecule has 6 rings (SSSR count). The van der Waals surface area contributed by atoms with Crippen molar-refractivity contribution in [1.29, 1.82) is 0 Å². The van der Waals surface area contributed by atoms with Crippen molar-refractivity contribution >= 4 is 34.1 Å². The molecule has 0 atom stereocenters. The van der Waals surface area contributed by atoms with E-state index >= 15 is 0 Å². The van der Waals surface area contributed by atoms with E-state index in [1.54, 1.807) is 28.4 Å². The number of nitrogens with zero attached hydrogens (tertiary/aromatic N) is 2. The first-order valence-corrected chi connectivity index (χ1v) is 16.2. The summed E-state index contributed by atoms with van der Waals surface area (Å²) in [6.45, 7) is 0.630. The van der Waals surface area contributed by atoms with Crippen molar-refractivity contribution in [3.8, 4) is 34.5 Å². The van der Waals surface area contributed by atoms with Gasteiger partial charge in [0.15, 0.2) is 0 Å². The third-order valence-electron chi connectivity index (χ3n) is 8.13. The molecule has 254 valence electrons. The summed E-state index contributed by atoms with van der Waals surface area (Å²) in [6.07, 6.45) is 0. The molecule has 0 saturated heterocycles. The Balaban J connectivity index is 1.24. The maximum Gasteiger partial charge on any atom is 0.143 e. The van der Waals surface area contributed by atoms with Crippen LogP contribution in [-0.2, 0) is 0 Å². The van der Waals surface area contributed by atoms with Crippen LogP contribution in [0.4, 0.5) is 34.1 Å². The van der Waals surface area contributed by atoms with Gasteiger partial charge in [0, 0.05) is 22.7 Å². The van der Waals surface area contributed by atoms with Gasteiger partial charge in [0.2, 0.25) is 0 Å². The van der Waals surface area contributed by atoms with Crippen molar-refractivity contribution < 1.29 is 28.4 Å². The summed E-state index contributed by atoms with van der Waals surface area (Å²) in [5.41, 5.74) is 5.58. The van der Waals surface area contributed by atoms with E-state index < -0.39 is 0 Å². The third-order valence-corrected chi connectivity index (χ3v) is 8.13. The Morgan fingerprint density at radius 3 is 0.860 bits per heavy atom. The molecule has 0 aromatic heterocycles. The van der Waals surface area contributed by atoms with Crippen molar-refractivity contribution in [1.82, 2.24) is 0 Å². The average Bonchev–Trinajstić information content (AvgIpc) is 3.19. The number of methoxy groups -OCH3 is 4. The van der Waals surface area contributed by atoms with Crippen LogP contribution < -0.4 is 38.2 Å². The molecule has 8 heteroatoms. The lowest BCUT2D eigenvalue weighted by Crippen LogP contribution is -2.15. The van der Waals surface area contributed by atoms with E-state index in [-0.39, 0.29) is 0 Å². The Morgan fingerprint density at radius 1 is 0.340 bits per heavy atom. The molecule has 0 saturated carbocycles. The SMILES string of the molecule is COc1ccc(N(c2ccc(OC)cc2)c2ccccc2OCCOc2ccccc2N(c2ccc(OC)cc2)c2ccc(OC)cc2)cc1. The van der Waals surface area contributed by atoms with E-state index in [4.69, 9.17) is 28.4 Å². The zero-order valence-corrected chi connectivity index (χ0v) is 28.6. The van der Waals surface area contributed by atoms with Gasteiger partial charge >= 0.3 is 0 Å². The van der Waals surface area contributed by atoms with Crippen LogP contribution in [0.2, 0.25) is 0 Å². The Morgan fingerprint density at radius 2 is 0.600 bits per heavy atom. The molecule has 6 aromatic rings. The van der Waals surface area contributed by atoms with Crippen LogP contribution >= 0.6 is 0 Å². The van der Waals surface area contributed by atoms with Gasteiger partial charge in [-0.05, 0) is 121 Å². The second kappa shape index (κ2) is 16.2. The van der Waals surface area contributed by atoms with Crippen molar-refractivity contribution in [3.63, 3.8) is 0 Å². The van der Waals surface area contributed by atoms with Gasteiger partial charge in [-0.3, -0.25) is 0 Å². The summed E-state index contributed by atoms with van der Waals surface area (Å²) >= 11 is 0. The normalized spacial score (nSPS) is 10.6. The molecule has 6 aromatic carbocycles. The van der Waals surface area contributed by atoms with E-state index in [9.17, 15) is 0 Å². The van der Waals surface area contributed by atoms with Gasteiger partial charge in [-0.15, -0.1) is 0 Å². The summed E-state index contributed by atoms with van der Waals surface area (Å²) in [5, 5.41) is 0. The molecule has 0 aliphatic carbocycles. The number of anilines is 6. The standard InChI is InChI=1S/C42H40N2O6/c1-45-35-21-13-31(14-22-35)43(32-15-23-36(46-2)24-16-32)39-9-5-7-11-41(39)49-29-30-50-42-12-8-6-10-40(42)44(33-17-25-37(47-3)26-18-33)34-19-27-38(48-4)28-20-34/h5-28H,29-30H2,1-4H3. The Labute approximate surface area is 293 Å². The van der Waals surface area contributed by atoms with E-state index in [2.05, 4.69) is 9.80 Å². The van der Waals surface area contributed by atoms with Crippen molar-refractivity contribution in [3.05, 3.63) is 146 Å². The molecular weight excluding hydrogens is 628 g/mol. The molecule has 8 nitrogen and oxygen atoms in total. The van der Waals surface area contributed by atoms with E-state index in [1.165, 1.54) is 0 Å². The highest BCUT2D eigenvalue weighted by Crippen LogP contribution is 2.42. The molecular formula is C42H40N2O6. The zero-order valence-electron chi connectivity index (χ0n) is 28.6. The van der Waals surface area contributed by atoms with E-state index in [0.717, 1.165) is 57.1 Å². The van der Waals surface area contributed by atoms with Gasteiger partial charge < -0.3 is 38.2 Å². The largest absolute Gasteiger partial charge is 0.497 e. The molecule has 0 aliphatic heterocycles. The molecule has 0 amide bonds. The Bertz CT molecular complexity index is 1710. The van der Waals surface area contributed by atoms with Crippen molar-refractivity contribution in [2.24, 2.45) is 0 Å². The minimum Gasteiger partial charge on any atom is -0.497 e. The first-order valence-electron chi connectivity index (χ1n) is 16.2. The molecule has 0 N–H and O–H groups in total. The summed E-state index contributed by atoms with van der Waals surface area (Å²) in [7, 11) is 6.65. The van der Waals surface area contributed by atoms with Crippen LogP contribution in [0.5, 0.6) is 34.5 Å². The van der Waals surface area contributed by atoms with Crippen molar-refractivity contribution in [2.75, 3.05) is 51.5 Å². The molecule has 0 aliphatic rings. The van der Waals surface area contributed by atoms with Crippen LogP contribution in [0.1, 0.15) is 0 Å². The smallest absolute Gasteiger partial charge is 0.143 e. The highest BCUT2D eigenvalue weighted by molar-refractivity contribution is 5.81. The number of para-hydroxylation sites is 4. The molecule has 0 fully saturated rings. The Kier molecular flexibility index (Phi) is 10.9. The van der Waals surface area contributed by atoms with Gasteiger partial charge in [0.1, 0.15) is 47.7 Å². The number of hydrogen-bond donors (Lipinski definition) is 0. The summed E-state index contributed by atoms with van der Waals surface area (Å²) in [5.74, 6) is 4.56. The lowest BCUT2D eigenvalue weighted by molar-refractivity contribution is 0.218. The molecule has 0 heterocycles. The predicted molar refractivity (Wildman–Crippen MR) is 199 cm³/mol. The van der Waals surface area contributed by atoms with Crippen LogP contribution in [0, 0.1) is 0 Å². The average molecular weight is 669 g/mol. The van der Waals surface area contributed by atoms with Gasteiger partial charge in [0.05, 0.1) is 39.8 Å². The number of rotatable bonds is 15. The van der Waals surface area contributed by atoms with Crippen LogP contribution in [0.3, 0.4) is 0 Å². The maximum atomic E-state index is 6.44. The second-order valence-corrected chi connectivity index (χ2v) is 11.1. The molecule has 0 radical (unpaired) electrons. The topological polar surface area (TPSA) is 61.9 Å². The van der Waals surface area contributed by atoms with Gasteiger partial charge in [-0.25, -0.2) is 0 Å². The summed E-state index contributed by atoms with van der Waals surface area (Å²) < 4.78 is 34.6. The lowest BCUT2D eigenvalue weighted by atomic mass is 10.1. The Hall–Kier alpha value is -6.28. The van der Waals surface area contributed by atoms with Gasteiger partial charge in [-0.1, -0.05) is 24.3 Å². The fraction of sp³-hybridized carbons (Fsp3) is 0.143. The highest BCUT2D eigenvalue weighted by Gasteiger charge is 2.19. The van der Waals surface area contributed by atoms with Crippen LogP contribution in [0.25, 0.3) is 0 Å². The third kappa shape index (κ3) is 7.71. The quantitative estimate of drug-likeness (QED) is 0.100. The first kappa shape index (κ1) is 33.6. The molecule has 0 unspecified atom stereocenters. The minimum atomic E-state index is 0.315. The fourth-order valence-corrected chi connectivity index (χ4v) is 5.61. The van der Waals surface area contributed by atoms with Crippen LogP contribution in [0.15, 0.2) is 146 Å². The van der Waals surface area contributed by atoms with Crippen LogP contribution in [-0.4, -0.2) is 41.7 Å². The van der Waals surface area contributed by atoms with E-state index in [1.807, 2.05) is 146 Å². The highest BCUT2D eigenvalue weighted by atomic mass is 16.5. The zero-order chi connectivity index (χ0) is 34.7. The maximum absolute atomic E-state index is 6.44. The van der Waals surface area contributed by atoms with E-state index in [0.29, 0.717) is 24.7 Å². The number of hydrogen-bond acceptors (Lipinski definition) is 8. The second-order valence-electron chi connectivity index (χ2n) is 11.1. The van der Waals surface area contributed by atoms with Crippen molar-refractivity contribution in [2.45, 2.75) is 0 Å². The monoisotopic (exact) mass is 668 g/mol. The first-order chi connectivity index (χ1) is 24.6. The minimum absolute atomic E-state index is 0.315. The molecule has 0 spiro atoms. The number of ether oxygens (including phenoxy) is 6. The van der Waals surface area contributed by atoms with Gasteiger partial charge in [-0.2, -0.15) is 0 Å². The van der Waals surface area contributed by atoms with Gasteiger partial charge in [0.25, 0.3) is 0 Å².